The standard InChI is InChI=1S/C11H12Cl2O/c1-7(9-5-14-6-9)8-2-10(12)4-11(13)3-8/h2-4,7,9H,5-6H2,1H3. The Morgan fingerprint density at radius 3 is 2.21 bits per heavy atom. The van der Waals surface area contributed by atoms with Crippen LogP contribution in [0.1, 0.15) is 18.4 Å². The molecule has 1 nitrogen and oxygen atoms in total. The summed E-state index contributed by atoms with van der Waals surface area (Å²) in [6, 6.07) is 5.73. The van der Waals surface area contributed by atoms with Crippen LogP contribution < -0.4 is 0 Å². The van der Waals surface area contributed by atoms with Crippen LogP contribution in [0.25, 0.3) is 0 Å². The average molecular weight is 231 g/mol. The molecule has 0 spiro atoms. The van der Waals surface area contributed by atoms with Crippen molar-refractivity contribution in [2.24, 2.45) is 5.92 Å². The number of halogens is 2. The monoisotopic (exact) mass is 230 g/mol. The second kappa shape index (κ2) is 4.09. The third kappa shape index (κ3) is 2.05. The third-order valence-electron chi connectivity index (χ3n) is 2.78. The van der Waals surface area contributed by atoms with Gasteiger partial charge in [-0.3, -0.25) is 0 Å². The van der Waals surface area contributed by atoms with E-state index in [1.807, 2.05) is 12.1 Å². The van der Waals surface area contributed by atoms with Gasteiger partial charge in [0.2, 0.25) is 0 Å². The number of benzene rings is 1. The van der Waals surface area contributed by atoms with Gasteiger partial charge in [0, 0.05) is 16.0 Å². The van der Waals surface area contributed by atoms with Crippen molar-refractivity contribution in [3.8, 4) is 0 Å². The largest absolute Gasteiger partial charge is 0.381 e. The molecule has 1 heterocycles. The first-order valence-electron chi connectivity index (χ1n) is 4.70. The first-order valence-corrected chi connectivity index (χ1v) is 5.46. The van der Waals surface area contributed by atoms with Crippen molar-refractivity contribution in [2.45, 2.75) is 12.8 Å². The topological polar surface area (TPSA) is 9.23 Å². The number of rotatable bonds is 2. The second-order valence-electron chi connectivity index (χ2n) is 3.79. The van der Waals surface area contributed by atoms with E-state index in [1.165, 1.54) is 5.56 Å². The number of hydrogen-bond donors (Lipinski definition) is 0. The normalized spacial score (nSPS) is 19.1. The average Bonchev–Trinajstić information content (AvgIpc) is 1.98. The fourth-order valence-corrected chi connectivity index (χ4v) is 2.20. The van der Waals surface area contributed by atoms with Crippen molar-refractivity contribution in [3.63, 3.8) is 0 Å². The van der Waals surface area contributed by atoms with Crippen molar-refractivity contribution >= 4 is 23.2 Å². The lowest BCUT2D eigenvalue weighted by atomic mass is 9.86. The Morgan fingerprint density at radius 2 is 1.79 bits per heavy atom. The molecule has 1 aliphatic heterocycles. The molecule has 0 bridgehead atoms. The summed E-state index contributed by atoms with van der Waals surface area (Å²) in [7, 11) is 0. The molecule has 0 amide bonds. The molecule has 14 heavy (non-hydrogen) atoms. The maximum atomic E-state index is 5.94. The molecular formula is C11H12Cl2O. The Balaban J connectivity index is 2.21. The molecule has 1 fully saturated rings. The molecule has 1 saturated heterocycles. The first-order chi connectivity index (χ1) is 6.66. The van der Waals surface area contributed by atoms with Crippen molar-refractivity contribution in [3.05, 3.63) is 33.8 Å². The Kier molecular flexibility index (Phi) is 3.01. The highest BCUT2D eigenvalue weighted by molar-refractivity contribution is 6.34. The Morgan fingerprint density at radius 1 is 1.21 bits per heavy atom. The van der Waals surface area contributed by atoms with Crippen molar-refractivity contribution < 1.29 is 4.74 Å². The van der Waals surface area contributed by atoms with Crippen LogP contribution in [0.3, 0.4) is 0 Å². The fourth-order valence-electron chi connectivity index (χ4n) is 1.65. The van der Waals surface area contributed by atoms with E-state index in [9.17, 15) is 0 Å². The molecule has 1 aromatic rings. The SMILES string of the molecule is CC(c1cc(Cl)cc(Cl)c1)C1COC1. The van der Waals surface area contributed by atoms with Gasteiger partial charge in [0.1, 0.15) is 0 Å². The van der Waals surface area contributed by atoms with Gasteiger partial charge in [-0.2, -0.15) is 0 Å². The number of ether oxygens (including phenoxy) is 1. The quantitative estimate of drug-likeness (QED) is 0.753. The minimum atomic E-state index is 0.472. The lowest BCUT2D eigenvalue weighted by molar-refractivity contribution is -0.0423. The zero-order chi connectivity index (χ0) is 10.1. The maximum Gasteiger partial charge on any atom is 0.0522 e. The van der Waals surface area contributed by atoms with Gasteiger partial charge < -0.3 is 4.74 Å². The molecule has 0 aromatic heterocycles. The van der Waals surface area contributed by atoms with Crippen LogP contribution in [-0.4, -0.2) is 13.2 Å². The van der Waals surface area contributed by atoms with Gasteiger partial charge in [0.25, 0.3) is 0 Å². The predicted octanol–water partition coefficient (Wildman–Crippen LogP) is 3.74. The third-order valence-corrected chi connectivity index (χ3v) is 3.22. The highest BCUT2D eigenvalue weighted by Crippen LogP contribution is 2.32. The predicted molar refractivity (Wildman–Crippen MR) is 59.2 cm³/mol. The van der Waals surface area contributed by atoms with Crippen molar-refractivity contribution in [1.82, 2.24) is 0 Å². The molecule has 2 rings (SSSR count). The molecule has 1 unspecified atom stereocenters. The van der Waals surface area contributed by atoms with Gasteiger partial charge >= 0.3 is 0 Å². The molecular weight excluding hydrogens is 219 g/mol. The van der Waals surface area contributed by atoms with Crippen LogP contribution >= 0.6 is 23.2 Å². The molecule has 1 aromatic carbocycles. The van der Waals surface area contributed by atoms with E-state index >= 15 is 0 Å². The van der Waals surface area contributed by atoms with Gasteiger partial charge in [0.05, 0.1) is 13.2 Å². The highest BCUT2D eigenvalue weighted by atomic mass is 35.5. The van der Waals surface area contributed by atoms with Gasteiger partial charge in [-0.15, -0.1) is 0 Å². The summed E-state index contributed by atoms with van der Waals surface area (Å²) < 4.78 is 5.17. The van der Waals surface area contributed by atoms with Crippen LogP contribution in [-0.2, 0) is 4.74 Å². The smallest absolute Gasteiger partial charge is 0.0522 e. The molecule has 1 atom stereocenters. The summed E-state index contributed by atoms with van der Waals surface area (Å²) in [5.41, 5.74) is 1.20. The van der Waals surface area contributed by atoms with Crippen LogP contribution in [0, 0.1) is 5.92 Å². The van der Waals surface area contributed by atoms with E-state index in [1.54, 1.807) is 6.07 Å². The number of hydrogen-bond acceptors (Lipinski definition) is 1. The van der Waals surface area contributed by atoms with E-state index < -0.39 is 0 Å². The zero-order valence-corrected chi connectivity index (χ0v) is 9.48. The minimum absolute atomic E-state index is 0.472. The lowest BCUT2D eigenvalue weighted by Gasteiger charge is -2.31. The summed E-state index contributed by atoms with van der Waals surface area (Å²) in [5.74, 6) is 1.09. The molecule has 0 aliphatic carbocycles. The Bertz CT molecular complexity index is 314. The molecule has 0 saturated carbocycles. The van der Waals surface area contributed by atoms with Gasteiger partial charge in [0.15, 0.2) is 0 Å². The van der Waals surface area contributed by atoms with Crippen LogP contribution in [0.5, 0.6) is 0 Å². The van der Waals surface area contributed by atoms with E-state index in [2.05, 4.69) is 6.92 Å². The second-order valence-corrected chi connectivity index (χ2v) is 4.66. The molecule has 76 valence electrons. The lowest BCUT2D eigenvalue weighted by Crippen LogP contribution is -2.31. The van der Waals surface area contributed by atoms with E-state index in [4.69, 9.17) is 27.9 Å². The molecule has 0 radical (unpaired) electrons. The maximum absolute atomic E-state index is 5.94. The van der Waals surface area contributed by atoms with Crippen molar-refractivity contribution in [2.75, 3.05) is 13.2 Å². The van der Waals surface area contributed by atoms with Crippen LogP contribution in [0.2, 0.25) is 10.0 Å². The van der Waals surface area contributed by atoms with E-state index in [0.717, 1.165) is 13.2 Å². The Hall–Kier alpha value is -0.240. The van der Waals surface area contributed by atoms with Crippen LogP contribution in [0.4, 0.5) is 0 Å². The summed E-state index contributed by atoms with van der Waals surface area (Å²) in [5, 5.41) is 1.42. The van der Waals surface area contributed by atoms with Gasteiger partial charge in [-0.1, -0.05) is 30.1 Å². The Labute approximate surface area is 94.0 Å². The summed E-state index contributed by atoms with van der Waals surface area (Å²) >= 11 is 11.9. The minimum Gasteiger partial charge on any atom is -0.381 e. The van der Waals surface area contributed by atoms with Crippen LogP contribution in [0.15, 0.2) is 18.2 Å². The summed E-state index contributed by atoms with van der Waals surface area (Å²) in [4.78, 5) is 0. The van der Waals surface area contributed by atoms with Crippen molar-refractivity contribution in [1.29, 1.82) is 0 Å². The zero-order valence-electron chi connectivity index (χ0n) is 7.97. The first kappa shape index (κ1) is 10.3. The molecule has 1 aliphatic rings. The highest BCUT2D eigenvalue weighted by Gasteiger charge is 2.26. The molecule has 0 N–H and O–H groups in total. The van der Waals surface area contributed by atoms with Gasteiger partial charge in [-0.05, 0) is 29.7 Å². The molecule has 3 heteroatoms. The summed E-state index contributed by atoms with van der Waals surface area (Å²) in [6.45, 7) is 3.89. The van der Waals surface area contributed by atoms with Gasteiger partial charge in [-0.25, -0.2) is 0 Å². The van der Waals surface area contributed by atoms with E-state index in [0.29, 0.717) is 21.9 Å². The van der Waals surface area contributed by atoms with E-state index in [-0.39, 0.29) is 0 Å². The summed E-state index contributed by atoms with van der Waals surface area (Å²) in [6.07, 6.45) is 0. The fraction of sp³-hybridized carbons (Fsp3) is 0.455.